The molecule has 1 N–H and O–H groups in total. The summed E-state index contributed by atoms with van der Waals surface area (Å²) in [4.78, 5) is 12.9. The van der Waals surface area contributed by atoms with E-state index in [2.05, 4.69) is 45.2 Å². The smallest absolute Gasteiger partial charge is 0.316 e. The molecule has 3 unspecified atom stereocenters. The van der Waals surface area contributed by atoms with Crippen LogP contribution in [0.1, 0.15) is 75.0 Å². The molecule has 192 valence electrons. The molecule has 2 bridgehead atoms. The highest BCUT2D eigenvalue weighted by Crippen LogP contribution is 2.43. The number of carbonyl (C=O) groups is 1. The van der Waals surface area contributed by atoms with Crippen LogP contribution in [-0.4, -0.2) is 47.4 Å². The third-order valence-electron chi connectivity index (χ3n) is 8.75. The minimum Gasteiger partial charge on any atom is -1.00 e. The number of nitrogens with zero attached hydrogens (tertiary/aromatic N) is 1. The van der Waals surface area contributed by atoms with Crippen LogP contribution in [0.2, 0.25) is 0 Å². The van der Waals surface area contributed by atoms with Gasteiger partial charge in [-0.05, 0) is 23.5 Å². The van der Waals surface area contributed by atoms with Gasteiger partial charge in [0.05, 0.1) is 25.7 Å². The average molecular weight is 545 g/mol. The Bertz CT molecular complexity index is 914. The Morgan fingerprint density at radius 2 is 1.54 bits per heavy atom. The number of carbonyl (C=O) groups excluding carboxylic acids is 1. The zero-order valence-corrected chi connectivity index (χ0v) is 23.1. The molecule has 2 heterocycles. The van der Waals surface area contributed by atoms with E-state index in [1.54, 1.807) is 0 Å². The molecule has 2 fully saturated rings. The van der Waals surface area contributed by atoms with Gasteiger partial charge in [-0.15, -0.1) is 0 Å². The lowest BCUT2D eigenvalue weighted by Gasteiger charge is -2.47. The Morgan fingerprint density at radius 1 is 0.971 bits per heavy atom. The van der Waals surface area contributed by atoms with Crippen molar-refractivity contribution in [2.24, 2.45) is 5.92 Å². The largest absolute Gasteiger partial charge is 1.00 e. The van der Waals surface area contributed by atoms with Crippen molar-refractivity contribution >= 4 is 5.97 Å². The van der Waals surface area contributed by atoms with Gasteiger partial charge in [-0.25, -0.2) is 0 Å². The van der Waals surface area contributed by atoms with Crippen LogP contribution < -0.4 is 17.0 Å². The van der Waals surface area contributed by atoms with Crippen molar-refractivity contribution in [1.29, 1.82) is 0 Å². The monoisotopic (exact) mass is 543 g/mol. The summed E-state index contributed by atoms with van der Waals surface area (Å²) in [5, 5.41) is 9.83. The molecule has 35 heavy (non-hydrogen) atoms. The highest BCUT2D eigenvalue weighted by Gasteiger charge is 2.52. The number of esters is 1. The average Bonchev–Trinajstić information content (AvgIpc) is 3.00. The second kappa shape index (κ2) is 12.5. The molecule has 0 radical (unpaired) electrons. The molecule has 2 aromatic rings. The van der Waals surface area contributed by atoms with E-state index in [9.17, 15) is 9.90 Å². The molecule has 2 aliphatic heterocycles. The van der Waals surface area contributed by atoms with E-state index >= 15 is 0 Å². The molecular weight excluding hydrogens is 502 g/mol. The molecule has 4 rings (SSSR count). The zero-order chi connectivity index (χ0) is 24.1. The van der Waals surface area contributed by atoms with Crippen LogP contribution in [0.4, 0.5) is 0 Å². The van der Waals surface area contributed by atoms with Crippen molar-refractivity contribution in [3.8, 4) is 0 Å². The molecular formula is C30H42BrNO3. The number of hydrogen-bond donors (Lipinski definition) is 1. The van der Waals surface area contributed by atoms with E-state index in [0.29, 0.717) is 12.1 Å². The molecule has 4 nitrogen and oxygen atoms in total. The quantitative estimate of drug-likeness (QED) is 0.370. The second-order valence-electron chi connectivity index (χ2n) is 10.8. The molecule has 0 amide bonds. The van der Waals surface area contributed by atoms with Crippen molar-refractivity contribution in [2.75, 3.05) is 13.7 Å². The maximum Gasteiger partial charge on any atom is 0.316 e. The van der Waals surface area contributed by atoms with Crippen LogP contribution in [-0.2, 0) is 22.5 Å². The van der Waals surface area contributed by atoms with Gasteiger partial charge in [0.15, 0.2) is 0 Å². The summed E-state index contributed by atoms with van der Waals surface area (Å²) in [6, 6.07) is 19.8. The van der Waals surface area contributed by atoms with E-state index in [0.717, 1.165) is 35.4 Å². The Kier molecular flexibility index (Phi) is 9.97. The summed E-state index contributed by atoms with van der Waals surface area (Å²) < 4.78 is 7.05. The Morgan fingerprint density at radius 3 is 2.09 bits per heavy atom. The minimum atomic E-state index is -0.597. The standard InChI is InChI=1S/C30H42NO3.BrH/c1-4-22(5-2)17-23-11-13-24(14-12-23)20-31(3)26-15-16-27(31)19-28(18-26)34-30(33)29(21-32)25-9-7-6-8-10-25;/h6-14,22,26-29,32H,4-5,15-21H2,1-3H3;1H/q+1;/p-1. The summed E-state index contributed by atoms with van der Waals surface area (Å²) in [5.41, 5.74) is 3.68. The van der Waals surface area contributed by atoms with Crippen molar-refractivity contribution in [3.63, 3.8) is 0 Å². The SMILES string of the molecule is CCC(CC)Cc1ccc(C[N+]2(C)C3CCC2CC(OC(=O)C(CO)c2ccccc2)C3)cc1.[Br-]. The molecule has 5 heteroatoms. The summed E-state index contributed by atoms with van der Waals surface area (Å²) in [7, 11) is 2.40. The molecule has 2 aromatic carbocycles. The normalized spacial score (nSPS) is 26.3. The Balaban J connectivity index is 0.00000342. The van der Waals surface area contributed by atoms with Gasteiger partial charge >= 0.3 is 5.97 Å². The highest BCUT2D eigenvalue weighted by molar-refractivity contribution is 5.78. The van der Waals surface area contributed by atoms with Crippen molar-refractivity contribution in [2.45, 2.75) is 89.4 Å². The molecule has 2 saturated heterocycles. The molecule has 0 spiro atoms. The van der Waals surface area contributed by atoms with E-state index in [1.165, 1.54) is 43.2 Å². The second-order valence-corrected chi connectivity index (χ2v) is 10.8. The molecule has 2 aliphatic rings. The van der Waals surface area contributed by atoms with Crippen LogP contribution in [0, 0.1) is 5.92 Å². The fourth-order valence-electron chi connectivity index (χ4n) is 6.38. The number of ether oxygens (including phenoxy) is 1. The predicted octanol–water partition coefficient (Wildman–Crippen LogP) is 2.63. The van der Waals surface area contributed by atoms with Gasteiger partial charge in [-0.3, -0.25) is 4.79 Å². The molecule has 0 saturated carbocycles. The number of rotatable bonds is 10. The third-order valence-corrected chi connectivity index (χ3v) is 8.75. The predicted molar refractivity (Wildman–Crippen MR) is 136 cm³/mol. The summed E-state index contributed by atoms with van der Waals surface area (Å²) in [6.45, 7) is 5.40. The summed E-state index contributed by atoms with van der Waals surface area (Å²) >= 11 is 0. The maximum absolute atomic E-state index is 12.9. The zero-order valence-electron chi connectivity index (χ0n) is 21.5. The highest BCUT2D eigenvalue weighted by atomic mass is 79.9. The number of aliphatic hydroxyl groups excluding tert-OH is 1. The number of benzene rings is 2. The van der Waals surface area contributed by atoms with Gasteiger partial charge in [0, 0.05) is 31.2 Å². The van der Waals surface area contributed by atoms with Crippen LogP contribution in [0.15, 0.2) is 54.6 Å². The van der Waals surface area contributed by atoms with E-state index in [4.69, 9.17) is 4.74 Å². The number of quaternary nitrogens is 1. The van der Waals surface area contributed by atoms with Crippen LogP contribution >= 0.6 is 0 Å². The number of fused-ring (bicyclic) bond motifs is 2. The lowest BCUT2D eigenvalue weighted by atomic mass is 9.93. The minimum absolute atomic E-state index is 0. The van der Waals surface area contributed by atoms with Crippen LogP contribution in [0.5, 0.6) is 0 Å². The third kappa shape index (κ3) is 6.36. The van der Waals surface area contributed by atoms with Gasteiger partial charge in [0.1, 0.15) is 18.6 Å². The first-order valence-corrected chi connectivity index (χ1v) is 13.3. The number of piperidine rings is 1. The first kappa shape index (κ1) is 27.9. The van der Waals surface area contributed by atoms with Gasteiger partial charge < -0.3 is 31.3 Å². The van der Waals surface area contributed by atoms with Crippen molar-refractivity contribution in [3.05, 3.63) is 71.3 Å². The topological polar surface area (TPSA) is 46.5 Å². The molecule has 0 aromatic heterocycles. The molecule has 3 atom stereocenters. The van der Waals surface area contributed by atoms with E-state index < -0.39 is 5.92 Å². The van der Waals surface area contributed by atoms with Gasteiger partial charge in [-0.2, -0.15) is 0 Å². The van der Waals surface area contributed by atoms with Crippen LogP contribution in [0.3, 0.4) is 0 Å². The molecule has 0 aliphatic carbocycles. The van der Waals surface area contributed by atoms with Gasteiger partial charge in [0.25, 0.3) is 0 Å². The number of hydrogen-bond acceptors (Lipinski definition) is 3. The Labute approximate surface area is 222 Å². The fraction of sp³-hybridized carbons (Fsp3) is 0.567. The fourth-order valence-corrected chi connectivity index (χ4v) is 6.38. The Hall–Kier alpha value is -1.69. The van der Waals surface area contributed by atoms with Crippen LogP contribution in [0.25, 0.3) is 0 Å². The number of halogens is 1. The van der Waals surface area contributed by atoms with E-state index in [1.807, 2.05) is 30.3 Å². The van der Waals surface area contributed by atoms with Gasteiger partial charge in [-0.1, -0.05) is 81.3 Å². The lowest BCUT2D eigenvalue weighted by Crippen LogP contribution is -3.00. The first-order chi connectivity index (χ1) is 16.5. The van der Waals surface area contributed by atoms with Crippen molar-refractivity contribution in [1.82, 2.24) is 0 Å². The first-order valence-electron chi connectivity index (χ1n) is 13.3. The van der Waals surface area contributed by atoms with Gasteiger partial charge in [0.2, 0.25) is 0 Å². The number of aliphatic hydroxyl groups is 1. The summed E-state index contributed by atoms with van der Waals surface area (Å²) in [5.74, 6) is -0.109. The van der Waals surface area contributed by atoms with E-state index in [-0.39, 0.29) is 35.7 Å². The lowest BCUT2D eigenvalue weighted by molar-refractivity contribution is -0.961. The maximum atomic E-state index is 12.9. The van der Waals surface area contributed by atoms with Crippen molar-refractivity contribution < 1.29 is 36.1 Å². The summed E-state index contributed by atoms with van der Waals surface area (Å²) in [6.07, 6.45) is 7.84.